The van der Waals surface area contributed by atoms with Gasteiger partial charge in [0.15, 0.2) is 0 Å². The molecule has 0 saturated heterocycles. The monoisotopic (exact) mass is 290 g/mol. The molecule has 0 spiro atoms. The SMILES string of the molecule is CC(NCC(O)c1ccsc1)c1ccccc1N(C)C. The van der Waals surface area contributed by atoms with Crippen LogP contribution in [0, 0.1) is 0 Å². The van der Waals surface area contributed by atoms with Crippen molar-refractivity contribution in [3.8, 4) is 0 Å². The number of thiophene rings is 1. The molecule has 0 radical (unpaired) electrons. The van der Waals surface area contributed by atoms with Crippen molar-refractivity contribution in [2.75, 3.05) is 25.5 Å². The van der Waals surface area contributed by atoms with Crippen LogP contribution >= 0.6 is 11.3 Å². The van der Waals surface area contributed by atoms with E-state index in [-0.39, 0.29) is 6.04 Å². The van der Waals surface area contributed by atoms with Gasteiger partial charge in [0, 0.05) is 32.4 Å². The molecule has 0 amide bonds. The van der Waals surface area contributed by atoms with Crippen LogP contribution in [0.15, 0.2) is 41.1 Å². The minimum atomic E-state index is -0.449. The lowest BCUT2D eigenvalue weighted by atomic mass is 10.0. The lowest BCUT2D eigenvalue weighted by Crippen LogP contribution is -2.26. The number of rotatable bonds is 6. The molecule has 0 aliphatic rings. The third-order valence-electron chi connectivity index (χ3n) is 3.43. The minimum absolute atomic E-state index is 0.196. The molecule has 3 nitrogen and oxygen atoms in total. The normalized spacial score (nSPS) is 14.0. The molecule has 1 heterocycles. The van der Waals surface area contributed by atoms with Crippen molar-refractivity contribution in [2.24, 2.45) is 0 Å². The lowest BCUT2D eigenvalue weighted by molar-refractivity contribution is 0.171. The Morgan fingerprint density at radius 3 is 2.65 bits per heavy atom. The number of nitrogens with one attached hydrogen (secondary N) is 1. The number of aliphatic hydroxyl groups is 1. The lowest BCUT2D eigenvalue weighted by Gasteiger charge is -2.23. The number of nitrogens with zero attached hydrogens (tertiary/aromatic N) is 1. The quantitative estimate of drug-likeness (QED) is 0.857. The van der Waals surface area contributed by atoms with Gasteiger partial charge in [0.2, 0.25) is 0 Å². The van der Waals surface area contributed by atoms with Gasteiger partial charge in [-0.1, -0.05) is 18.2 Å². The Morgan fingerprint density at radius 2 is 2.00 bits per heavy atom. The zero-order valence-electron chi connectivity index (χ0n) is 12.2. The van der Waals surface area contributed by atoms with Gasteiger partial charge in [0.1, 0.15) is 0 Å². The molecule has 0 saturated carbocycles. The molecule has 2 N–H and O–H groups in total. The molecule has 0 aliphatic carbocycles. The Labute approximate surface area is 124 Å². The number of benzene rings is 1. The van der Waals surface area contributed by atoms with Gasteiger partial charge in [0.25, 0.3) is 0 Å². The van der Waals surface area contributed by atoms with Gasteiger partial charge >= 0.3 is 0 Å². The third-order valence-corrected chi connectivity index (χ3v) is 4.13. The fourth-order valence-electron chi connectivity index (χ4n) is 2.24. The van der Waals surface area contributed by atoms with Gasteiger partial charge in [-0.15, -0.1) is 0 Å². The van der Waals surface area contributed by atoms with Crippen molar-refractivity contribution in [1.29, 1.82) is 0 Å². The first-order valence-electron chi connectivity index (χ1n) is 6.79. The maximum Gasteiger partial charge on any atom is 0.0922 e. The van der Waals surface area contributed by atoms with Gasteiger partial charge in [0.05, 0.1) is 6.10 Å². The van der Waals surface area contributed by atoms with Crippen LogP contribution in [0.25, 0.3) is 0 Å². The molecule has 1 aromatic heterocycles. The van der Waals surface area contributed by atoms with Crippen molar-refractivity contribution in [3.63, 3.8) is 0 Å². The molecular formula is C16H22N2OS. The molecule has 2 atom stereocenters. The maximum absolute atomic E-state index is 10.1. The zero-order valence-corrected chi connectivity index (χ0v) is 13.0. The van der Waals surface area contributed by atoms with Crippen LogP contribution in [-0.2, 0) is 0 Å². The van der Waals surface area contributed by atoms with Crippen LogP contribution in [0.4, 0.5) is 5.69 Å². The first kappa shape index (κ1) is 15.0. The smallest absolute Gasteiger partial charge is 0.0922 e. The number of anilines is 1. The van der Waals surface area contributed by atoms with E-state index < -0.39 is 6.10 Å². The molecule has 2 rings (SSSR count). The molecule has 4 heteroatoms. The van der Waals surface area contributed by atoms with Gasteiger partial charge in [-0.25, -0.2) is 0 Å². The molecular weight excluding hydrogens is 268 g/mol. The summed E-state index contributed by atoms with van der Waals surface area (Å²) in [4.78, 5) is 2.11. The van der Waals surface area contributed by atoms with E-state index in [0.29, 0.717) is 6.54 Å². The molecule has 1 aromatic carbocycles. The first-order valence-corrected chi connectivity index (χ1v) is 7.73. The Hall–Kier alpha value is -1.36. The number of hydrogen-bond donors (Lipinski definition) is 2. The summed E-state index contributed by atoms with van der Waals surface area (Å²) < 4.78 is 0. The highest BCUT2D eigenvalue weighted by Gasteiger charge is 2.14. The van der Waals surface area contributed by atoms with Gasteiger partial charge < -0.3 is 15.3 Å². The maximum atomic E-state index is 10.1. The van der Waals surface area contributed by atoms with Gasteiger partial charge in [-0.2, -0.15) is 11.3 Å². The highest BCUT2D eigenvalue weighted by atomic mass is 32.1. The average molecular weight is 290 g/mol. The van der Waals surface area contributed by atoms with E-state index in [1.54, 1.807) is 11.3 Å². The van der Waals surface area contributed by atoms with E-state index in [4.69, 9.17) is 0 Å². The highest BCUT2D eigenvalue weighted by molar-refractivity contribution is 7.07. The predicted octanol–water partition coefficient (Wildman–Crippen LogP) is 3.20. The van der Waals surface area contributed by atoms with Crippen molar-refractivity contribution in [3.05, 3.63) is 52.2 Å². The molecule has 2 aromatic rings. The van der Waals surface area contributed by atoms with Crippen LogP contribution < -0.4 is 10.2 Å². The molecule has 2 unspecified atom stereocenters. The second-order valence-corrected chi connectivity index (χ2v) is 5.94. The van der Waals surface area contributed by atoms with E-state index in [0.717, 1.165) is 5.56 Å². The summed E-state index contributed by atoms with van der Waals surface area (Å²) in [7, 11) is 4.09. The largest absolute Gasteiger partial charge is 0.387 e. The minimum Gasteiger partial charge on any atom is -0.387 e. The van der Waals surface area contributed by atoms with E-state index in [2.05, 4.69) is 35.3 Å². The van der Waals surface area contributed by atoms with Crippen LogP contribution in [0.3, 0.4) is 0 Å². The average Bonchev–Trinajstić information content (AvgIpc) is 2.98. The van der Waals surface area contributed by atoms with E-state index in [1.165, 1.54) is 11.3 Å². The molecule has 20 heavy (non-hydrogen) atoms. The fourth-order valence-corrected chi connectivity index (χ4v) is 2.95. The second kappa shape index (κ2) is 6.88. The standard InChI is InChI=1S/C16H22N2OS/c1-12(14-6-4-5-7-15(14)18(2)3)17-10-16(19)13-8-9-20-11-13/h4-9,11-12,16-17,19H,10H2,1-3H3. The Bertz CT molecular complexity index is 525. The zero-order chi connectivity index (χ0) is 14.5. The highest BCUT2D eigenvalue weighted by Crippen LogP contribution is 2.25. The first-order chi connectivity index (χ1) is 9.59. The molecule has 0 fully saturated rings. The number of aliphatic hydroxyl groups excluding tert-OH is 1. The number of hydrogen-bond acceptors (Lipinski definition) is 4. The van der Waals surface area contributed by atoms with E-state index in [9.17, 15) is 5.11 Å². The van der Waals surface area contributed by atoms with Crippen molar-refractivity contribution < 1.29 is 5.11 Å². The van der Waals surface area contributed by atoms with Gasteiger partial charge in [-0.05, 0) is 40.9 Å². The summed E-state index contributed by atoms with van der Waals surface area (Å²) in [6.45, 7) is 2.68. The Kier molecular flexibility index (Phi) is 5.17. The summed E-state index contributed by atoms with van der Waals surface area (Å²) in [5.74, 6) is 0. The number of para-hydroxylation sites is 1. The van der Waals surface area contributed by atoms with Crippen molar-refractivity contribution >= 4 is 17.0 Å². The fraction of sp³-hybridized carbons (Fsp3) is 0.375. The molecule has 108 valence electrons. The molecule has 0 aliphatic heterocycles. The Morgan fingerprint density at radius 1 is 1.25 bits per heavy atom. The second-order valence-electron chi connectivity index (χ2n) is 5.16. The van der Waals surface area contributed by atoms with E-state index in [1.807, 2.05) is 37.0 Å². The van der Waals surface area contributed by atoms with Crippen LogP contribution in [0.1, 0.15) is 30.2 Å². The van der Waals surface area contributed by atoms with Crippen molar-refractivity contribution in [2.45, 2.75) is 19.1 Å². The predicted molar refractivity (Wildman–Crippen MR) is 86.5 cm³/mol. The summed E-state index contributed by atoms with van der Waals surface area (Å²) in [5.41, 5.74) is 3.43. The third kappa shape index (κ3) is 3.60. The molecule has 0 bridgehead atoms. The summed E-state index contributed by atoms with van der Waals surface area (Å²) in [5, 5.41) is 17.5. The van der Waals surface area contributed by atoms with Crippen molar-refractivity contribution in [1.82, 2.24) is 5.32 Å². The topological polar surface area (TPSA) is 35.5 Å². The van der Waals surface area contributed by atoms with Crippen LogP contribution in [0.5, 0.6) is 0 Å². The van der Waals surface area contributed by atoms with Crippen LogP contribution in [0.2, 0.25) is 0 Å². The summed E-state index contributed by atoms with van der Waals surface area (Å²) in [6, 6.07) is 10.5. The summed E-state index contributed by atoms with van der Waals surface area (Å²) in [6.07, 6.45) is -0.449. The van der Waals surface area contributed by atoms with Crippen LogP contribution in [-0.4, -0.2) is 25.7 Å². The summed E-state index contributed by atoms with van der Waals surface area (Å²) >= 11 is 1.61. The van der Waals surface area contributed by atoms with E-state index >= 15 is 0 Å². The van der Waals surface area contributed by atoms with Gasteiger partial charge in [-0.3, -0.25) is 0 Å². The Balaban J connectivity index is 2.00.